The first-order valence-corrected chi connectivity index (χ1v) is 3.71. The van der Waals surface area contributed by atoms with E-state index in [1.54, 1.807) is 0 Å². The summed E-state index contributed by atoms with van der Waals surface area (Å²) in [6.07, 6.45) is 1.25. The molecule has 0 rings (SSSR count). The molecule has 0 aliphatic rings. The SMILES string of the molecule is CCC.NC(CO)(CO)CO. The highest BCUT2D eigenvalue weighted by atomic mass is 16.3. The molecule has 0 saturated heterocycles. The van der Waals surface area contributed by atoms with Gasteiger partial charge in [0, 0.05) is 0 Å². The minimum absolute atomic E-state index is 0.403. The first kappa shape index (κ1) is 13.4. The van der Waals surface area contributed by atoms with Crippen molar-refractivity contribution in [1.29, 1.82) is 0 Å². The molecule has 0 aromatic heterocycles. The first-order valence-electron chi connectivity index (χ1n) is 3.71. The van der Waals surface area contributed by atoms with Crippen LogP contribution < -0.4 is 5.73 Å². The van der Waals surface area contributed by atoms with Crippen molar-refractivity contribution in [2.24, 2.45) is 5.73 Å². The maximum absolute atomic E-state index is 8.34. The molecule has 70 valence electrons. The summed E-state index contributed by atoms with van der Waals surface area (Å²) in [6.45, 7) is 3.04. The number of aliphatic hydroxyl groups is 3. The maximum atomic E-state index is 8.34. The smallest absolute Gasteiger partial charge is 0.0856 e. The predicted molar refractivity (Wildman–Crippen MR) is 44.1 cm³/mol. The molecule has 0 unspecified atom stereocenters. The van der Waals surface area contributed by atoms with Gasteiger partial charge in [0.15, 0.2) is 0 Å². The first-order chi connectivity index (χ1) is 5.10. The Kier molecular flexibility index (Phi) is 9.70. The second-order valence-electron chi connectivity index (χ2n) is 2.54. The van der Waals surface area contributed by atoms with Crippen LogP contribution in [0, 0.1) is 0 Å². The fraction of sp³-hybridized carbons (Fsp3) is 1.00. The van der Waals surface area contributed by atoms with Crippen molar-refractivity contribution >= 4 is 0 Å². The normalized spacial score (nSPS) is 10.4. The summed E-state index contributed by atoms with van der Waals surface area (Å²) in [5, 5.41) is 25.0. The van der Waals surface area contributed by atoms with E-state index in [9.17, 15) is 0 Å². The average molecular weight is 165 g/mol. The highest BCUT2D eigenvalue weighted by Crippen LogP contribution is 1.93. The average Bonchev–Trinajstić information content (AvgIpc) is 2.05. The van der Waals surface area contributed by atoms with Gasteiger partial charge in [-0.1, -0.05) is 20.3 Å². The Hall–Kier alpha value is -0.160. The van der Waals surface area contributed by atoms with Gasteiger partial charge in [-0.3, -0.25) is 0 Å². The molecule has 0 spiro atoms. The van der Waals surface area contributed by atoms with Gasteiger partial charge in [-0.15, -0.1) is 0 Å². The van der Waals surface area contributed by atoms with Crippen molar-refractivity contribution in [2.45, 2.75) is 25.8 Å². The number of rotatable bonds is 3. The van der Waals surface area contributed by atoms with Crippen LogP contribution in [0.4, 0.5) is 0 Å². The molecule has 0 bridgehead atoms. The van der Waals surface area contributed by atoms with Crippen LogP contribution in [0.2, 0.25) is 0 Å². The topological polar surface area (TPSA) is 86.7 Å². The molecule has 0 radical (unpaired) electrons. The number of hydrogen-bond acceptors (Lipinski definition) is 4. The van der Waals surface area contributed by atoms with Crippen molar-refractivity contribution in [3.8, 4) is 0 Å². The minimum Gasteiger partial charge on any atom is -0.394 e. The standard InChI is InChI=1S/C4H11NO3.C3H8/c5-4(1-6,2-7)3-8;1-3-2/h6-8H,1-3,5H2;3H2,1-2H3. The molecule has 0 aliphatic heterocycles. The fourth-order valence-corrected chi connectivity index (χ4v) is 0.150. The van der Waals surface area contributed by atoms with Crippen LogP contribution in [0.3, 0.4) is 0 Å². The van der Waals surface area contributed by atoms with E-state index < -0.39 is 25.4 Å². The number of hydrogen-bond donors (Lipinski definition) is 4. The van der Waals surface area contributed by atoms with Crippen LogP contribution in [0.5, 0.6) is 0 Å². The van der Waals surface area contributed by atoms with Gasteiger partial charge in [-0.25, -0.2) is 0 Å². The van der Waals surface area contributed by atoms with Gasteiger partial charge in [0.2, 0.25) is 0 Å². The monoisotopic (exact) mass is 165 g/mol. The molecule has 5 N–H and O–H groups in total. The highest BCUT2D eigenvalue weighted by molar-refractivity contribution is 4.80. The Balaban J connectivity index is 0. The zero-order chi connectivity index (χ0) is 9.33. The molecule has 0 aromatic carbocycles. The lowest BCUT2D eigenvalue weighted by Gasteiger charge is -2.20. The van der Waals surface area contributed by atoms with Crippen molar-refractivity contribution in [3.05, 3.63) is 0 Å². The van der Waals surface area contributed by atoms with E-state index in [-0.39, 0.29) is 0 Å². The maximum Gasteiger partial charge on any atom is 0.0856 e. The van der Waals surface area contributed by atoms with Crippen LogP contribution >= 0.6 is 0 Å². The molecule has 0 aromatic rings. The molecule has 0 heterocycles. The van der Waals surface area contributed by atoms with E-state index in [0.29, 0.717) is 0 Å². The van der Waals surface area contributed by atoms with Crippen LogP contribution in [0.25, 0.3) is 0 Å². The third kappa shape index (κ3) is 7.74. The van der Waals surface area contributed by atoms with E-state index >= 15 is 0 Å². The number of aliphatic hydroxyl groups excluding tert-OH is 3. The van der Waals surface area contributed by atoms with Gasteiger partial charge in [0.25, 0.3) is 0 Å². The lowest BCUT2D eigenvalue weighted by Crippen LogP contribution is -2.50. The van der Waals surface area contributed by atoms with E-state index in [2.05, 4.69) is 13.8 Å². The van der Waals surface area contributed by atoms with Gasteiger partial charge in [-0.05, 0) is 0 Å². The van der Waals surface area contributed by atoms with E-state index in [1.165, 1.54) is 6.42 Å². The predicted octanol–water partition coefficient (Wildman–Crippen LogP) is -0.923. The quantitative estimate of drug-likeness (QED) is 0.435. The molecule has 0 aliphatic carbocycles. The Morgan fingerprint density at radius 3 is 1.18 bits per heavy atom. The van der Waals surface area contributed by atoms with Crippen molar-refractivity contribution in [3.63, 3.8) is 0 Å². The van der Waals surface area contributed by atoms with Crippen LogP contribution in [0.1, 0.15) is 20.3 Å². The summed E-state index contributed by atoms with van der Waals surface area (Å²) in [6, 6.07) is 0. The Morgan fingerprint density at radius 1 is 1.00 bits per heavy atom. The van der Waals surface area contributed by atoms with Crippen LogP contribution in [-0.2, 0) is 0 Å². The van der Waals surface area contributed by atoms with E-state index in [1.807, 2.05) is 0 Å². The second kappa shape index (κ2) is 7.94. The third-order valence-electron chi connectivity index (χ3n) is 0.945. The second-order valence-corrected chi connectivity index (χ2v) is 2.54. The van der Waals surface area contributed by atoms with Gasteiger partial charge >= 0.3 is 0 Å². The molecule has 11 heavy (non-hydrogen) atoms. The minimum atomic E-state index is -1.21. The zero-order valence-electron chi connectivity index (χ0n) is 7.25. The van der Waals surface area contributed by atoms with Gasteiger partial charge in [0.05, 0.1) is 25.4 Å². The van der Waals surface area contributed by atoms with Gasteiger partial charge in [0.1, 0.15) is 0 Å². The summed E-state index contributed by atoms with van der Waals surface area (Å²) >= 11 is 0. The molecule has 4 nitrogen and oxygen atoms in total. The lowest BCUT2D eigenvalue weighted by atomic mass is 10.1. The van der Waals surface area contributed by atoms with Crippen molar-refractivity contribution < 1.29 is 15.3 Å². The fourth-order valence-electron chi connectivity index (χ4n) is 0.150. The Labute approximate surface area is 67.7 Å². The molecule has 0 fully saturated rings. The third-order valence-corrected chi connectivity index (χ3v) is 0.945. The molecular weight excluding hydrogens is 146 g/mol. The van der Waals surface area contributed by atoms with E-state index in [0.717, 1.165) is 0 Å². The van der Waals surface area contributed by atoms with Gasteiger partial charge in [-0.2, -0.15) is 0 Å². The Morgan fingerprint density at radius 2 is 1.18 bits per heavy atom. The van der Waals surface area contributed by atoms with Crippen molar-refractivity contribution in [2.75, 3.05) is 19.8 Å². The summed E-state index contributed by atoms with van der Waals surface area (Å²) in [5.41, 5.74) is 3.94. The van der Waals surface area contributed by atoms with Crippen LogP contribution in [0.15, 0.2) is 0 Å². The molecular formula is C7H19NO3. The molecule has 0 saturated carbocycles. The molecule has 0 amide bonds. The largest absolute Gasteiger partial charge is 0.394 e. The summed E-state index contributed by atoms with van der Waals surface area (Å²) in [5.74, 6) is 0. The van der Waals surface area contributed by atoms with Crippen molar-refractivity contribution in [1.82, 2.24) is 0 Å². The summed E-state index contributed by atoms with van der Waals surface area (Å²) in [7, 11) is 0. The zero-order valence-corrected chi connectivity index (χ0v) is 7.25. The highest BCUT2D eigenvalue weighted by Gasteiger charge is 2.20. The molecule has 0 atom stereocenters. The Bertz CT molecular complexity index is 65.8. The van der Waals surface area contributed by atoms with Gasteiger partial charge < -0.3 is 21.1 Å². The lowest BCUT2D eigenvalue weighted by molar-refractivity contribution is 0.0698. The summed E-state index contributed by atoms with van der Waals surface area (Å²) < 4.78 is 0. The summed E-state index contributed by atoms with van der Waals surface area (Å²) in [4.78, 5) is 0. The number of nitrogens with two attached hydrogens (primary N) is 1. The van der Waals surface area contributed by atoms with Crippen LogP contribution in [-0.4, -0.2) is 40.7 Å². The van der Waals surface area contributed by atoms with E-state index in [4.69, 9.17) is 21.1 Å². The molecule has 4 heteroatoms.